The van der Waals surface area contributed by atoms with E-state index >= 15 is 0 Å². The van der Waals surface area contributed by atoms with Crippen molar-refractivity contribution in [3.05, 3.63) is 64.7 Å². The third kappa shape index (κ3) is 4.01. The molecule has 0 spiro atoms. The summed E-state index contributed by atoms with van der Waals surface area (Å²) in [6, 6.07) is 16.9. The first-order valence-electron chi connectivity index (χ1n) is 9.70. The minimum atomic E-state index is -0.716. The third-order valence-electron chi connectivity index (χ3n) is 5.32. The second-order valence-corrected chi connectivity index (χ2v) is 8.34. The largest absolute Gasteiger partial charge is 0.481 e. The molecule has 0 amide bonds. The number of carbonyl (C=O) groups is 1. The van der Waals surface area contributed by atoms with Gasteiger partial charge in [0, 0.05) is 36.4 Å². The number of nitrogens with zero attached hydrogens (tertiary/aromatic N) is 2. The zero-order valence-corrected chi connectivity index (χ0v) is 16.8. The van der Waals surface area contributed by atoms with E-state index in [1.54, 1.807) is 11.3 Å². The van der Waals surface area contributed by atoms with Crippen LogP contribution in [0.2, 0.25) is 0 Å². The first-order chi connectivity index (χ1) is 13.6. The molecule has 3 aromatic rings. The van der Waals surface area contributed by atoms with Crippen LogP contribution < -0.4 is 0 Å². The van der Waals surface area contributed by atoms with Gasteiger partial charge in [-0.15, -0.1) is 11.3 Å². The SMILES string of the molecule is Cc1c(-c2ccccc2)cccc1-c1nc2c(s1)CN(CCCC(=O)O)CC2. The average molecular weight is 393 g/mol. The summed E-state index contributed by atoms with van der Waals surface area (Å²) in [5, 5.41) is 9.92. The molecule has 4 nitrogen and oxygen atoms in total. The van der Waals surface area contributed by atoms with Gasteiger partial charge in [-0.05, 0) is 36.6 Å². The van der Waals surface area contributed by atoms with Crippen molar-refractivity contribution >= 4 is 17.3 Å². The summed E-state index contributed by atoms with van der Waals surface area (Å²) in [6.45, 7) is 4.85. The second-order valence-electron chi connectivity index (χ2n) is 7.26. The van der Waals surface area contributed by atoms with Crippen LogP contribution >= 0.6 is 11.3 Å². The van der Waals surface area contributed by atoms with Crippen LogP contribution in [-0.2, 0) is 17.8 Å². The summed E-state index contributed by atoms with van der Waals surface area (Å²) < 4.78 is 0. The summed E-state index contributed by atoms with van der Waals surface area (Å²) in [6.07, 6.45) is 1.88. The van der Waals surface area contributed by atoms with Crippen LogP contribution in [0.15, 0.2) is 48.5 Å². The van der Waals surface area contributed by atoms with E-state index in [2.05, 4.69) is 54.3 Å². The van der Waals surface area contributed by atoms with Crippen molar-refractivity contribution in [2.45, 2.75) is 32.7 Å². The second kappa shape index (κ2) is 8.25. The third-order valence-corrected chi connectivity index (χ3v) is 6.44. The van der Waals surface area contributed by atoms with Crippen molar-refractivity contribution in [3.8, 4) is 21.7 Å². The normalized spacial score (nSPS) is 14.0. The Morgan fingerprint density at radius 3 is 2.71 bits per heavy atom. The Hall–Kier alpha value is -2.50. The highest BCUT2D eigenvalue weighted by molar-refractivity contribution is 7.15. The number of hydrogen-bond acceptors (Lipinski definition) is 4. The van der Waals surface area contributed by atoms with Crippen LogP contribution in [0.4, 0.5) is 0 Å². The molecule has 1 aliphatic heterocycles. The molecule has 0 fully saturated rings. The maximum Gasteiger partial charge on any atom is 0.303 e. The molecule has 1 aromatic heterocycles. The molecular formula is C23H24N2O2S. The van der Waals surface area contributed by atoms with Crippen molar-refractivity contribution in [1.82, 2.24) is 9.88 Å². The number of thiazole rings is 1. The monoisotopic (exact) mass is 392 g/mol. The van der Waals surface area contributed by atoms with E-state index in [0.29, 0.717) is 6.42 Å². The lowest BCUT2D eigenvalue weighted by atomic mass is 9.97. The van der Waals surface area contributed by atoms with Gasteiger partial charge in [0.05, 0.1) is 5.69 Å². The lowest BCUT2D eigenvalue weighted by Gasteiger charge is -2.25. The van der Waals surface area contributed by atoms with Gasteiger partial charge in [0.25, 0.3) is 0 Å². The number of rotatable bonds is 6. The Balaban J connectivity index is 1.56. The fourth-order valence-electron chi connectivity index (χ4n) is 3.81. The zero-order valence-electron chi connectivity index (χ0n) is 16.0. The number of aromatic nitrogens is 1. The number of carboxylic acid groups (broad SMARTS) is 1. The van der Waals surface area contributed by atoms with E-state index in [-0.39, 0.29) is 6.42 Å². The standard InChI is InChI=1S/C23H24N2O2S/c1-16-18(17-7-3-2-4-8-17)9-5-10-19(16)23-24-20-12-14-25(15-21(20)28-23)13-6-11-22(26)27/h2-5,7-10H,6,11-15H2,1H3,(H,26,27). The van der Waals surface area contributed by atoms with Crippen LogP contribution in [0, 0.1) is 6.92 Å². The summed E-state index contributed by atoms with van der Waals surface area (Å²) in [5.41, 5.74) is 6.16. The molecule has 0 atom stereocenters. The Morgan fingerprint density at radius 2 is 1.93 bits per heavy atom. The fourth-order valence-corrected chi connectivity index (χ4v) is 5.04. The van der Waals surface area contributed by atoms with Gasteiger partial charge in [-0.2, -0.15) is 0 Å². The van der Waals surface area contributed by atoms with Crippen molar-refractivity contribution in [2.24, 2.45) is 0 Å². The number of aliphatic carboxylic acids is 1. The Labute approximate surface area is 169 Å². The fraction of sp³-hybridized carbons (Fsp3) is 0.304. The highest BCUT2D eigenvalue weighted by Crippen LogP contribution is 2.36. The smallest absolute Gasteiger partial charge is 0.303 e. The predicted octanol–water partition coefficient (Wildman–Crippen LogP) is 5.01. The molecular weight excluding hydrogens is 368 g/mol. The van der Waals surface area contributed by atoms with Gasteiger partial charge in [0.2, 0.25) is 0 Å². The average Bonchev–Trinajstić information content (AvgIpc) is 3.11. The molecule has 4 rings (SSSR count). The zero-order chi connectivity index (χ0) is 19.5. The molecule has 1 aliphatic rings. The first-order valence-corrected chi connectivity index (χ1v) is 10.5. The number of carboxylic acids is 1. The van der Waals surface area contributed by atoms with Gasteiger partial charge in [-0.3, -0.25) is 9.69 Å². The van der Waals surface area contributed by atoms with Crippen LogP contribution in [0.5, 0.6) is 0 Å². The van der Waals surface area contributed by atoms with Gasteiger partial charge >= 0.3 is 5.97 Å². The summed E-state index contributed by atoms with van der Waals surface area (Å²) in [4.78, 5) is 19.4. The molecule has 5 heteroatoms. The molecule has 28 heavy (non-hydrogen) atoms. The molecule has 2 heterocycles. The van der Waals surface area contributed by atoms with Gasteiger partial charge in [0.1, 0.15) is 5.01 Å². The highest BCUT2D eigenvalue weighted by Gasteiger charge is 2.22. The van der Waals surface area contributed by atoms with Crippen LogP contribution in [0.25, 0.3) is 21.7 Å². The maximum atomic E-state index is 10.7. The summed E-state index contributed by atoms with van der Waals surface area (Å²) >= 11 is 1.78. The summed E-state index contributed by atoms with van der Waals surface area (Å²) in [7, 11) is 0. The van der Waals surface area contributed by atoms with Crippen LogP contribution in [0.3, 0.4) is 0 Å². The molecule has 1 N–H and O–H groups in total. The summed E-state index contributed by atoms with van der Waals surface area (Å²) in [5.74, 6) is -0.716. The van der Waals surface area contributed by atoms with E-state index in [0.717, 1.165) is 31.1 Å². The van der Waals surface area contributed by atoms with E-state index in [9.17, 15) is 4.79 Å². The molecule has 144 valence electrons. The topological polar surface area (TPSA) is 53.4 Å². The quantitative estimate of drug-likeness (QED) is 0.641. The van der Waals surface area contributed by atoms with Gasteiger partial charge < -0.3 is 5.11 Å². The van der Waals surface area contributed by atoms with Gasteiger partial charge in [0.15, 0.2) is 0 Å². The lowest BCUT2D eigenvalue weighted by Crippen LogP contribution is -2.31. The van der Waals surface area contributed by atoms with E-state index < -0.39 is 5.97 Å². The number of hydrogen-bond donors (Lipinski definition) is 1. The Bertz CT molecular complexity index is 982. The molecule has 0 saturated heterocycles. The number of fused-ring (bicyclic) bond motifs is 1. The van der Waals surface area contributed by atoms with Crippen molar-refractivity contribution < 1.29 is 9.90 Å². The Morgan fingerprint density at radius 1 is 1.14 bits per heavy atom. The molecule has 0 aliphatic carbocycles. The molecule has 2 aromatic carbocycles. The minimum Gasteiger partial charge on any atom is -0.481 e. The minimum absolute atomic E-state index is 0.239. The van der Waals surface area contributed by atoms with Gasteiger partial charge in [-0.1, -0.05) is 48.5 Å². The molecule has 0 saturated carbocycles. The van der Waals surface area contributed by atoms with E-state index in [4.69, 9.17) is 10.1 Å². The van der Waals surface area contributed by atoms with Crippen molar-refractivity contribution in [1.29, 1.82) is 0 Å². The molecule has 0 bridgehead atoms. The van der Waals surface area contributed by atoms with E-state index in [1.807, 2.05) is 6.07 Å². The first kappa shape index (κ1) is 18.8. The van der Waals surface area contributed by atoms with Crippen molar-refractivity contribution in [2.75, 3.05) is 13.1 Å². The van der Waals surface area contributed by atoms with Crippen LogP contribution in [0.1, 0.15) is 29.0 Å². The predicted molar refractivity (Wildman–Crippen MR) is 114 cm³/mol. The molecule has 0 unspecified atom stereocenters. The van der Waals surface area contributed by atoms with Crippen LogP contribution in [-0.4, -0.2) is 34.0 Å². The Kier molecular flexibility index (Phi) is 5.55. The van der Waals surface area contributed by atoms with E-state index in [1.165, 1.54) is 32.8 Å². The van der Waals surface area contributed by atoms with Crippen molar-refractivity contribution in [3.63, 3.8) is 0 Å². The van der Waals surface area contributed by atoms with Gasteiger partial charge in [-0.25, -0.2) is 4.98 Å². The number of benzene rings is 2. The molecule has 0 radical (unpaired) electrons. The highest BCUT2D eigenvalue weighted by atomic mass is 32.1. The lowest BCUT2D eigenvalue weighted by molar-refractivity contribution is -0.137. The maximum absolute atomic E-state index is 10.7.